The molecule has 0 aromatic carbocycles. The van der Waals surface area contributed by atoms with E-state index in [0.717, 1.165) is 19.3 Å². The van der Waals surface area contributed by atoms with Crippen LogP contribution in [-0.4, -0.2) is 67.8 Å². The number of hydrogen-bond acceptors (Lipinski definition) is 5. The lowest BCUT2D eigenvalue weighted by atomic mass is 9.73. The number of amides is 2. The van der Waals surface area contributed by atoms with Crippen molar-refractivity contribution in [2.45, 2.75) is 43.9 Å². The van der Waals surface area contributed by atoms with Gasteiger partial charge in [0.2, 0.25) is 5.91 Å². The van der Waals surface area contributed by atoms with Crippen molar-refractivity contribution in [2.75, 3.05) is 19.6 Å². The number of carbonyl (C=O) groups is 2. The number of nitrogens with one attached hydrogen (secondary N) is 2. The smallest absolute Gasteiger partial charge is 0.270 e. The van der Waals surface area contributed by atoms with E-state index in [-0.39, 0.29) is 35.4 Å². The number of likely N-dealkylation sites (tertiary alicyclic amines) is 1. The minimum Gasteiger partial charge on any atom is -0.369 e. The highest BCUT2D eigenvalue weighted by Crippen LogP contribution is 2.54. The van der Waals surface area contributed by atoms with Crippen molar-refractivity contribution in [1.29, 1.82) is 0 Å². The minimum absolute atomic E-state index is 0.0294. The van der Waals surface area contributed by atoms with E-state index in [2.05, 4.69) is 20.4 Å². The summed E-state index contributed by atoms with van der Waals surface area (Å²) in [5.74, 6) is 0.640. The van der Waals surface area contributed by atoms with E-state index in [1.54, 1.807) is 17.2 Å². The molecule has 3 saturated heterocycles. The van der Waals surface area contributed by atoms with E-state index >= 15 is 0 Å². The fourth-order valence-electron chi connectivity index (χ4n) is 5.32. The molecule has 5 heterocycles. The number of aromatic nitrogens is 4. The summed E-state index contributed by atoms with van der Waals surface area (Å²) in [4.78, 5) is 33.9. The number of nitrogens with zero attached hydrogens (tertiary/aromatic N) is 4. The van der Waals surface area contributed by atoms with E-state index in [1.807, 2.05) is 17.0 Å². The molecule has 3 aliphatic rings. The third kappa shape index (κ3) is 3.33. The second-order valence-electron chi connectivity index (χ2n) is 8.37. The van der Waals surface area contributed by atoms with Crippen LogP contribution in [0.1, 0.15) is 36.2 Å². The first-order valence-electron chi connectivity index (χ1n) is 10.3. The molecule has 0 unspecified atom stereocenters. The van der Waals surface area contributed by atoms with E-state index in [9.17, 15) is 9.59 Å². The molecule has 0 aliphatic carbocycles. The number of fused-ring (bicyclic) bond motifs is 1. The van der Waals surface area contributed by atoms with Crippen molar-refractivity contribution < 1.29 is 14.3 Å². The normalized spacial score (nSPS) is 29.9. The second-order valence-corrected chi connectivity index (χ2v) is 8.37. The molecule has 9 nitrogen and oxygen atoms in total. The molecule has 9 heteroatoms. The zero-order valence-electron chi connectivity index (χ0n) is 16.3. The van der Waals surface area contributed by atoms with Crippen LogP contribution in [0.4, 0.5) is 0 Å². The van der Waals surface area contributed by atoms with Gasteiger partial charge in [0, 0.05) is 44.1 Å². The molecule has 1 spiro atoms. The Morgan fingerprint density at radius 3 is 3.14 bits per heavy atom. The minimum atomic E-state index is -0.227. The molecule has 2 aromatic heterocycles. The van der Waals surface area contributed by atoms with Crippen LogP contribution >= 0.6 is 0 Å². The summed E-state index contributed by atoms with van der Waals surface area (Å²) in [5, 5.41) is 7.14. The van der Waals surface area contributed by atoms with Crippen LogP contribution in [0.2, 0.25) is 0 Å². The average Bonchev–Trinajstić information content (AvgIpc) is 3.52. The number of rotatable bonds is 7. The van der Waals surface area contributed by atoms with Gasteiger partial charge in [-0.1, -0.05) is 0 Å². The summed E-state index contributed by atoms with van der Waals surface area (Å²) in [6.07, 6.45) is 8.31. The molecule has 2 N–H and O–H groups in total. The predicted octanol–water partition coefficient (Wildman–Crippen LogP) is 0.822. The van der Waals surface area contributed by atoms with Gasteiger partial charge in [-0.25, -0.2) is 4.98 Å². The van der Waals surface area contributed by atoms with Crippen LogP contribution in [0.5, 0.6) is 0 Å². The molecule has 4 atom stereocenters. The van der Waals surface area contributed by atoms with E-state index < -0.39 is 0 Å². The second kappa shape index (κ2) is 7.29. The van der Waals surface area contributed by atoms with E-state index in [0.29, 0.717) is 38.3 Å². The number of H-pyrrole nitrogens is 1. The Balaban J connectivity index is 1.15. The highest BCUT2D eigenvalue weighted by molar-refractivity contribution is 5.92. The van der Waals surface area contributed by atoms with Crippen LogP contribution in [0.25, 0.3) is 0 Å². The summed E-state index contributed by atoms with van der Waals surface area (Å²) in [7, 11) is 0. The fraction of sp³-hybridized carbons (Fsp3) is 0.600. The van der Waals surface area contributed by atoms with Crippen LogP contribution in [0, 0.1) is 11.8 Å². The van der Waals surface area contributed by atoms with Gasteiger partial charge in [0.15, 0.2) is 0 Å². The van der Waals surface area contributed by atoms with Gasteiger partial charge in [-0.05, 0) is 31.4 Å². The Kier molecular flexibility index (Phi) is 4.61. The molecule has 29 heavy (non-hydrogen) atoms. The highest BCUT2D eigenvalue weighted by Gasteiger charge is 2.63. The molecule has 3 aliphatic heterocycles. The molecule has 3 fully saturated rings. The molecule has 2 amide bonds. The Hall–Kier alpha value is -2.68. The quantitative estimate of drug-likeness (QED) is 0.719. The van der Waals surface area contributed by atoms with Gasteiger partial charge < -0.3 is 19.9 Å². The third-order valence-electron chi connectivity index (χ3n) is 6.69. The van der Waals surface area contributed by atoms with Crippen LogP contribution in [0.3, 0.4) is 0 Å². The summed E-state index contributed by atoms with van der Waals surface area (Å²) in [6.45, 7) is 2.64. The Morgan fingerprint density at radius 2 is 2.34 bits per heavy atom. The first-order chi connectivity index (χ1) is 14.1. The van der Waals surface area contributed by atoms with Gasteiger partial charge in [-0.15, -0.1) is 0 Å². The lowest BCUT2D eigenvalue weighted by Crippen LogP contribution is -2.41. The first-order valence-corrected chi connectivity index (χ1v) is 10.3. The lowest BCUT2D eigenvalue weighted by Gasteiger charge is -2.29. The van der Waals surface area contributed by atoms with Crippen molar-refractivity contribution >= 4 is 11.8 Å². The Bertz CT molecular complexity index is 867. The zero-order chi connectivity index (χ0) is 19.8. The maximum Gasteiger partial charge on any atom is 0.270 e. The topological polar surface area (TPSA) is 105 Å². The van der Waals surface area contributed by atoms with Gasteiger partial charge in [0.25, 0.3) is 5.91 Å². The fourth-order valence-corrected chi connectivity index (χ4v) is 5.32. The molecule has 154 valence electrons. The van der Waals surface area contributed by atoms with Crippen molar-refractivity contribution in [1.82, 2.24) is 30.0 Å². The van der Waals surface area contributed by atoms with Crippen LogP contribution in [0.15, 0.2) is 31.0 Å². The molecule has 0 radical (unpaired) electrons. The third-order valence-corrected chi connectivity index (χ3v) is 6.69. The van der Waals surface area contributed by atoms with Gasteiger partial charge >= 0.3 is 0 Å². The molecular weight excluding hydrogens is 372 g/mol. The summed E-state index contributed by atoms with van der Waals surface area (Å²) in [5.41, 5.74) is 0.392. The number of ether oxygens (including phenoxy) is 1. The van der Waals surface area contributed by atoms with Gasteiger partial charge in [0.1, 0.15) is 18.3 Å². The summed E-state index contributed by atoms with van der Waals surface area (Å²) in [6, 6.07) is 3.65. The molecule has 2 aromatic rings. The van der Waals surface area contributed by atoms with Crippen molar-refractivity contribution in [3.63, 3.8) is 0 Å². The zero-order valence-corrected chi connectivity index (χ0v) is 16.3. The number of aromatic amines is 1. The highest BCUT2D eigenvalue weighted by atomic mass is 16.5. The SMILES string of the molecule is O=C(CCCn1cncn1)NC[C@H]1[C@H]2CN(C(=O)c3ccc[nH]3)C[C@]23CC[C@H]1O3. The van der Waals surface area contributed by atoms with Crippen molar-refractivity contribution in [2.24, 2.45) is 11.8 Å². The molecule has 5 rings (SSSR count). The summed E-state index contributed by atoms with van der Waals surface area (Å²) < 4.78 is 8.11. The average molecular weight is 398 g/mol. The van der Waals surface area contributed by atoms with Gasteiger partial charge in [0.05, 0.1) is 18.2 Å². The maximum atomic E-state index is 12.8. The number of hydrogen-bond donors (Lipinski definition) is 2. The maximum absolute atomic E-state index is 12.8. The summed E-state index contributed by atoms with van der Waals surface area (Å²) >= 11 is 0. The monoisotopic (exact) mass is 398 g/mol. The Morgan fingerprint density at radius 1 is 1.41 bits per heavy atom. The molecule has 0 saturated carbocycles. The lowest BCUT2D eigenvalue weighted by molar-refractivity contribution is -0.121. The van der Waals surface area contributed by atoms with Crippen molar-refractivity contribution in [3.05, 3.63) is 36.7 Å². The first kappa shape index (κ1) is 18.4. The predicted molar refractivity (Wildman–Crippen MR) is 103 cm³/mol. The van der Waals surface area contributed by atoms with Gasteiger partial charge in [-0.3, -0.25) is 14.3 Å². The van der Waals surface area contributed by atoms with Gasteiger partial charge in [-0.2, -0.15) is 5.10 Å². The van der Waals surface area contributed by atoms with E-state index in [1.165, 1.54) is 6.33 Å². The standard InChI is InChI=1S/C20H26N6O3/c27-18(4-2-8-26-13-21-12-24-26)23-9-14-15-10-25(19(28)16-3-1-7-22-16)11-20(15)6-5-17(14)29-20/h1,3,7,12-15,17,22H,2,4-6,8-11H2,(H,23,27)/t14-,15+,17+,20+/m0/s1. The molecule has 2 bridgehead atoms. The van der Waals surface area contributed by atoms with Crippen LogP contribution in [-0.2, 0) is 16.1 Å². The number of carbonyl (C=O) groups excluding carboxylic acids is 2. The van der Waals surface area contributed by atoms with Crippen LogP contribution < -0.4 is 5.32 Å². The number of aryl methyl sites for hydroxylation is 1. The Labute approximate surface area is 168 Å². The molecular formula is C20H26N6O3. The largest absolute Gasteiger partial charge is 0.369 e. The van der Waals surface area contributed by atoms with Crippen molar-refractivity contribution in [3.8, 4) is 0 Å². The van der Waals surface area contributed by atoms with E-state index in [4.69, 9.17) is 4.74 Å².